The van der Waals surface area contributed by atoms with Gasteiger partial charge in [0.15, 0.2) is 0 Å². The molecule has 2 aliphatic carbocycles. The lowest BCUT2D eigenvalue weighted by Crippen LogP contribution is -2.39. The lowest BCUT2D eigenvalue weighted by molar-refractivity contribution is -0.143. The van der Waals surface area contributed by atoms with Gasteiger partial charge in [-0.15, -0.1) is 0 Å². The Kier molecular flexibility index (Phi) is 4.09. The summed E-state index contributed by atoms with van der Waals surface area (Å²) in [4.78, 5) is 50.5. The predicted octanol–water partition coefficient (Wildman–Crippen LogP) is 1.53. The van der Waals surface area contributed by atoms with Gasteiger partial charge in [-0.3, -0.25) is 19.3 Å². The second kappa shape index (κ2) is 6.33. The Labute approximate surface area is 156 Å². The molecule has 1 aromatic carbocycles. The van der Waals surface area contributed by atoms with Crippen LogP contribution in [-0.2, 0) is 19.1 Å². The fourth-order valence-corrected chi connectivity index (χ4v) is 4.45. The molecule has 2 bridgehead atoms. The molecule has 0 aromatic heterocycles. The van der Waals surface area contributed by atoms with Gasteiger partial charge >= 0.3 is 5.97 Å². The van der Waals surface area contributed by atoms with Crippen LogP contribution in [0.5, 0.6) is 0 Å². The SMILES string of the molecule is COC(=O)c1ccc(C)c(NC(=O)CN2C(=O)C3C4C=CC(C4)C3C2=O)c1. The molecule has 4 atom stereocenters. The molecule has 1 aromatic rings. The highest BCUT2D eigenvalue weighted by Crippen LogP contribution is 2.52. The van der Waals surface area contributed by atoms with Gasteiger partial charge in [0.2, 0.25) is 17.7 Å². The lowest BCUT2D eigenvalue weighted by atomic mass is 9.85. The van der Waals surface area contributed by atoms with E-state index in [1.165, 1.54) is 13.2 Å². The maximum atomic E-state index is 12.7. The number of fused-ring (bicyclic) bond motifs is 5. The van der Waals surface area contributed by atoms with Gasteiger partial charge < -0.3 is 10.1 Å². The van der Waals surface area contributed by atoms with Crippen LogP contribution in [0.15, 0.2) is 30.4 Å². The molecule has 0 radical (unpaired) electrons. The van der Waals surface area contributed by atoms with E-state index in [1.54, 1.807) is 19.1 Å². The molecule has 0 spiro atoms. The number of hydrogen-bond donors (Lipinski definition) is 1. The normalized spacial score (nSPS) is 27.9. The van der Waals surface area contributed by atoms with E-state index in [0.717, 1.165) is 16.9 Å². The number of carbonyl (C=O) groups is 4. The van der Waals surface area contributed by atoms with Gasteiger partial charge in [0.25, 0.3) is 0 Å². The van der Waals surface area contributed by atoms with E-state index in [4.69, 9.17) is 0 Å². The van der Waals surface area contributed by atoms with E-state index in [1.807, 2.05) is 12.2 Å². The molecule has 3 aliphatic rings. The molecule has 1 saturated heterocycles. The summed E-state index contributed by atoms with van der Waals surface area (Å²) in [6.07, 6.45) is 4.89. The van der Waals surface area contributed by atoms with E-state index in [0.29, 0.717) is 11.3 Å². The number of imide groups is 1. The highest BCUT2D eigenvalue weighted by Gasteiger charge is 2.59. The molecule has 3 amide bonds. The smallest absolute Gasteiger partial charge is 0.337 e. The summed E-state index contributed by atoms with van der Waals surface area (Å²) in [6, 6.07) is 4.82. The van der Waals surface area contributed by atoms with Crippen LogP contribution in [0.25, 0.3) is 0 Å². The Balaban J connectivity index is 1.47. The summed E-state index contributed by atoms with van der Waals surface area (Å²) in [5, 5.41) is 2.69. The number of amides is 3. The number of benzene rings is 1. The number of nitrogens with zero attached hydrogens (tertiary/aromatic N) is 1. The fourth-order valence-electron chi connectivity index (χ4n) is 4.45. The van der Waals surface area contributed by atoms with Gasteiger partial charge in [-0.2, -0.15) is 0 Å². The zero-order chi connectivity index (χ0) is 19.3. The van der Waals surface area contributed by atoms with E-state index in [-0.39, 0.29) is 42.0 Å². The van der Waals surface area contributed by atoms with Crippen molar-refractivity contribution in [1.29, 1.82) is 0 Å². The van der Waals surface area contributed by atoms with Gasteiger partial charge in [0, 0.05) is 5.69 Å². The number of aryl methyl sites for hydroxylation is 1. The largest absolute Gasteiger partial charge is 0.465 e. The van der Waals surface area contributed by atoms with Crippen molar-refractivity contribution in [3.05, 3.63) is 41.5 Å². The number of rotatable bonds is 4. The molecule has 1 saturated carbocycles. The first-order valence-electron chi connectivity index (χ1n) is 8.93. The summed E-state index contributed by atoms with van der Waals surface area (Å²) in [7, 11) is 1.28. The minimum Gasteiger partial charge on any atom is -0.465 e. The van der Waals surface area contributed by atoms with Crippen LogP contribution in [-0.4, -0.2) is 42.2 Å². The molecule has 1 aliphatic heterocycles. The first-order valence-corrected chi connectivity index (χ1v) is 8.93. The molecule has 7 nitrogen and oxygen atoms in total. The van der Waals surface area contributed by atoms with Gasteiger partial charge in [-0.25, -0.2) is 4.79 Å². The molecule has 4 rings (SSSR count). The molecular formula is C20H20N2O5. The minimum atomic E-state index is -0.508. The number of ether oxygens (including phenoxy) is 1. The monoisotopic (exact) mass is 368 g/mol. The Bertz CT molecular complexity index is 860. The van der Waals surface area contributed by atoms with Crippen LogP contribution in [0.2, 0.25) is 0 Å². The maximum absolute atomic E-state index is 12.7. The van der Waals surface area contributed by atoms with Crippen molar-refractivity contribution in [3.63, 3.8) is 0 Å². The van der Waals surface area contributed by atoms with Crippen molar-refractivity contribution in [2.45, 2.75) is 13.3 Å². The Morgan fingerprint density at radius 3 is 2.37 bits per heavy atom. The molecule has 7 heteroatoms. The molecule has 140 valence electrons. The van der Waals surface area contributed by atoms with E-state index in [9.17, 15) is 19.2 Å². The minimum absolute atomic E-state index is 0.114. The van der Waals surface area contributed by atoms with Crippen molar-refractivity contribution >= 4 is 29.4 Å². The van der Waals surface area contributed by atoms with E-state index in [2.05, 4.69) is 10.1 Å². The van der Waals surface area contributed by atoms with Crippen molar-refractivity contribution in [1.82, 2.24) is 4.90 Å². The zero-order valence-electron chi connectivity index (χ0n) is 15.1. The average molecular weight is 368 g/mol. The molecular weight excluding hydrogens is 348 g/mol. The third-order valence-electron chi connectivity index (χ3n) is 5.80. The maximum Gasteiger partial charge on any atom is 0.337 e. The van der Waals surface area contributed by atoms with E-state index < -0.39 is 11.9 Å². The average Bonchev–Trinajstić information content (AvgIpc) is 3.33. The standard InChI is InChI=1S/C20H20N2O5/c1-10-3-4-13(20(26)27-2)8-14(10)21-15(23)9-22-18(24)16-11-5-6-12(7-11)17(16)19(22)25/h3-6,8,11-12,16-17H,7,9H2,1-2H3,(H,21,23). The zero-order valence-corrected chi connectivity index (χ0v) is 15.1. The van der Waals surface area contributed by atoms with Crippen LogP contribution in [0, 0.1) is 30.6 Å². The van der Waals surface area contributed by atoms with Crippen molar-refractivity contribution in [3.8, 4) is 0 Å². The van der Waals surface area contributed by atoms with Crippen LogP contribution in [0.1, 0.15) is 22.3 Å². The second-order valence-corrected chi connectivity index (χ2v) is 7.33. The van der Waals surface area contributed by atoms with Crippen LogP contribution < -0.4 is 5.32 Å². The molecule has 2 fully saturated rings. The van der Waals surface area contributed by atoms with Crippen LogP contribution >= 0.6 is 0 Å². The molecule has 1 N–H and O–H groups in total. The van der Waals surface area contributed by atoms with Gasteiger partial charge in [-0.05, 0) is 42.9 Å². The molecule has 4 unspecified atom stereocenters. The second-order valence-electron chi connectivity index (χ2n) is 7.33. The van der Waals surface area contributed by atoms with Crippen molar-refractivity contribution < 1.29 is 23.9 Å². The van der Waals surface area contributed by atoms with Crippen molar-refractivity contribution in [2.24, 2.45) is 23.7 Å². The Morgan fingerprint density at radius 2 is 1.78 bits per heavy atom. The number of anilines is 1. The van der Waals surface area contributed by atoms with Gasteiger partial charge in [0.1, 0.15) is 6.54 Å². The number of allylic oxidation sites excluding steroid dienone is 2. The molecule has 1 heterocycles. The number of methoxy groups -OCH3 is 1. The summed E-state index contributed by atoms with van der Waals surface area (Å²) < 4.78 is 4.69. The third-order valence-corrected chi connectivity index (χ3v) is 5.80. The molecule has 27 heavy (non-hydrogen) atoms. The predicted molar refractivity (Wildman–Crippen MR) is 95.6 cm³/mol. The Hall–Kier alpha value is -2.96. The van der Waals surface area contributed by atoms with Crippen LogP contribution in [0.4, 0.5) is 5.69 Å². The third kappa shape index (κ3) is 2.74. The van der Waals surface area contributed by atoms with Gasteiger partial charge in [-0.1, -0.05) is 18.2 Å². The summed E-state index contributed by atoms with van der Waals surface area (Å²) in [5.41, 5.74) is 1.52. The topological polar surface area (TPSA) is 92.8 Å². The number of carbonyl (C=O) groups excluding carboxylic acids is 4. The number of nitrogens with one attached hydrogen (secondary N) is 1. The summed E-state index contributed by atoms with van der Waals surface area (Å²) in [6.45, 7) is 1.47. The van der Waals surface area contributed by atoms with E-state index >= 15 is 0 Å². The van der Waals surface area contributed by atoms with Gasteiger partial charge in [0.05, 0.1) is 24.5 Å². The first-order chi connectivity index (χ1) is 12.9. The quantitative estimate of drug-likeness (QED) is 0.494. The lowest BCUT2D eigenvalue weighted by Gasteiger charge is -2.17. The Morgan fingerprint density at radius 1 is 1.15 bits per heavy atom. The summed E-state index contributed by atoms with van der Waals surface area (Å²) >= 11 is 0. The summed E-state index contributed by atoms with van der Waals surface area (Å²) in [5.74, 6) is -1.89. The van der Waals surface area contributed by atoms with Crippen LogP contribution in [0.3, 0.4) is 0 Å². The first kappa shape index (κ1) is 17.5. The number of hydrogen-bond acceptors (Lipinski definition) is 5. The highest BCUT2D eigenvalue weighted by atomic mass is 16.5. The number of likely N-dealkylation sites (tertiary alicyclic amines) is 1. The fraction of sp³-hybridized carbons (Fsp3) is 0.400. The van der Waals surface area contributed by atoms with Crippen molar-refractivity contribution in [2.75, 3.05) is 19.0 Å². The number of esters is 1. The highest BCUT2D eigenvalue weighted by molar-refractivity contribution is 6.09.